The molecule has 524 valence electrons. The largest absolute Gasteiger partial charge is 0.370 e. The van der Waals surface area contributed by atoms with Gasteiger partial charge in [-0.25, -0.2) is 0 Å². The van der Waals surface area contributed by atoms with Crippen molar-refractivity contribution in [3.63, 3.8) is 0 Å². The summed E-state index contributed by atoms with van der Waals surface area (Å²) in [6.45, 7) is 3.86. The molecule has 2 fully saturated rings. The molecule has 0 saturated carbocycles. The highest BCUT2D eigenvalue weighted by molar-refractivity contribution is 7.98. The number of nitrogens with one attached hydrogen (secondary N) is 8. The first kappa shape index (κ1) is 78.5. The van der Waals surface area contributed by atoms with Gasteiger partial charge in [-0.1, -0.05) is 74.5 Å². The number of guanidine groups is 1. The van der Waals surface area contributed by atoms with Crippen LogP contribution in [0.3, 0.4) is 0 Å². The topological polar surface area (TPSA) is 519 Å². The Hall–Kier alpha value is -8.91. The van der Waals surface area contributed by atoms with Gasteiger partial charge in [0, 0.05) is 45.3 Å². The van der Waals surface area contributed by atoms with Gasteiger partial charge < -0.3 is 92.5 Å². The SMILES string of the molecule is CSCC[C@H](NC(=O)[C@@H](CC(C)C)NC(=O)CNC(=O)[C@@H](Cc1ccccc1)NC(=O)[C@H](Cc1ccccc1)NC(=O)[C@H](CCC(N)=O)NC(=O)[C@@H](CCC(N)=O)NC(=O)[C@@H]1CCCN1C(=O)[C@@H](CCCCN)NC(=O)[C@H]1CCCN1C(=O)[C@H](N)CCCN=C(N)N)C(N)=O. The Labute approximate surface area is 558 Å². The highest BCUT2D eigenvalue weighted by atomic mass is 32.2. The average Bonchev–Trinajstić information content (AvgIpc) is 1.74. The van der Waals surface area contributed by atoms with Crippen molar-refractivity contribution in [2.24, 2.45) is 51.0 Å². The lowest BCUT2D eigenvalue weighted by molar-refractivity contribution is -0.144. The van der Waals surface area contributed by atoms with Crippen LogP contribution in [-0.2, 0) is 75.2 Å². The fraction of sp³-hybridized carbons (Fsp3) is 0.587. The molecule has 0 unspecified atom stereocenters. The first-order chi connectivity index (χ1) is 45.2. The summed E-state index contributed by atoms with van der Waals surface area (Å²) < 4.78 is 0. The minimum absolute atomic E-state index is 0.0736. The maximum Gasteiger partial charge on any atom is 0.245 e. The molecule has 0 spiro atoms. The number of likely N-dealkylation sites (tertiary alicyclic amines) is 2. The summed E-state index contributed by atoms with van der Waals surface area (Å²) in [5.74, 6) is -9.80. The van der Waals surface area contributed by atoms with E-state index in [1.165, 1.54) is 21.6 Å². The first-order valence-electron chi connectivity index (χ1n) is 32.2. The van der Waals surface area contributed by atoms with Crippen molar-refractivity contribution in [1.29, 1.82) is 0 Å². The maximum absolute atomic E-state index is 14.7. The van der Waals surface area contributed by atoms with E-state index >= 15 is 0 Å². The molecule has 0 bridgehead atoms. The van der Waals surface area contributed by atoms with E-state index in [9.17, 15) is 62.3 Å². The van der Waals surface area contributed by atoms with Crippen LogP contribution in [0.1, 0.15) is 121 Å². The molecule has 32 heteroatoms. The predicted molar refractivity (Wildman–Crippen MR) is 356 cm³/mol. The van der Waals surface area contributed by atoms with Crippen LogP contribution in [-0.4, -0.2) is 198 Å². The van der Waals surface area contributed by atoms with E-state index in [1.807, 2.05) is 20.1 Å². The molecule has 2 aliphatic heterocycles. The fourth-order valence-electron chi connectivity index (χ4n) is 11.0. The molecule has 22 N–H and O–H groups in total. The first-order valence-corrected chi connectivity index (χ1v) is 33.6. The van der Waals surface area contributed by atoms with Gasteiger partial charge in [0.05, 0.1) is 12.6 Å². The Morgan fingerprint density at radius 1 is 0.537 bits per heavy atom. The summed E-state index contributed by atoms with van der Waals surface area (Å²) in [5.41, 5.74) is 40.6. The molecule has 10 atom stereocenters. The molecule has 0 aliphatic carbocycles. The standard InChI is InChI=1S/C63H98N18O13S/c1-37(2)33-45(57(89)74-41(53(68)85)27-32-95-3)73-52(84)36-72-54(86)46(34-38-15-6-4-7-16-38)78-58(90)47(35-39-17-8-5-9-18-39)79-56(88)42(23-25-50(66)82)75-55(87)43(24-26-51(67)83)76-59(91)49-22-14-31-81(49)62(94)44(20-10-11-28-64)77-60(92)48-21-13-30-80(48)61(93)40(65)19-12-29-71-63(69)70/h4-9,15-18,37,40-49H,10-14,19-36,64-65H2,1-3H3,(H2,66,82)(H2,67,83)(H2,68,85)(H,72,86)(H,73,84)(H,74,89)(H,75,87)(H,76,91)(H,77,92)(H,78,90)(H,79,88)(H4,69,70,71)/t40-,41+,42+,43-,44-,45-,46-,47+,48-,49+/m1/s1. The minimum Gasteiger partial charge on any atom is -0.370 e. The Balaban J connectivity index is 1.56. The number of thioether (sulfide) groups is 1. The molecule has 2 heterocycles. The average molecular weight is 1350 g/mol. The van der Waals surface area contributed by atoms with Gasteiger partial charge in [0.25, 0.3) is 0 Å². The molecule has 4 rings (SSSR count). The van der Waals surface area contributed by atoms with Crippen LogP contribution >= 0.6 is 11.8 Å². The second kappa shape index (κ2) is 41.0. The summed E-state index contributed by atoms with van der Waals surface area (Å²) in [5, 5.41) is 21.1. The van der Waals surface area contributed by atoms with Crippen molar-refractivity contribution in [2.75, 3.05) is 44.7 Å². The molecule has 2 aliphatic rings. The summed E-state index contributed by atoms with van der Waals surface area (Å²) >= 11 is 1.45. The highest BCUT2D eigenvalue weighted by Crippen LogP contribution is 2.24. The van der Waals surface area contributed by atoms with Crippen LogP contribution in [0.25, 0.3) is 0 Å². The van der Waals surface area contributed by atoms with Crippen LogP contribution in [0.4, 0.5) is 0 Å². The molecule has 0 aromatic heterocycles. The number of carbonyl (C=O) groups excluding carboxylic acids is 13. The van der Waals surface area contributed by atoms with Gasteiger partial charge in [-0.3, -0.25) is 67.3 Å². The lowest BCUT2D eigenvalue weighted by Gasteiger charge is -2.32. The third-order valence-corrected chi connectivity index (χ3v) is 16.7. The highest BCUT2D eigenvalue weighted by Gasteiger charge is 2.42. The lowest BCUT2D eigenvalue weighted by Crippen LogP contribution is -2.60. The van der Waals surface area contributed by atoms with Gasteiger partial charge in [0.1, 0.15) is 54.4 Å². The van der Waals surface area contributed by atoms with Crippen molar-refractivity contribution < 1.29 is 62.3 Å². The molecular formula is C63H98N18O13S. The second-order valence-corrected chi connectivity index (χ2v) is 25.1. The van der Waals surface area contributed by atoms with E-state index in [0.717, 1.165) is 0 Å². The summed E-state index contributed by atoms with van der Waals surface area (Å²) in [6, 6.07) is 4.51. The van der Waals surface area contributed by atoms with E-state index in [4.69, 9.17) is 40.1 Å². The van der Waals surface area contributed by atoms with Crippen molar-refractivity contribution in [2.45, 2.75) is 183 Å². The van der Waals surface area contributed by atoms with Gasteiger partial charge in [0.15, 0.2) is 5.96 Å². The molecule has 2 aromatic carbocycles. The molecule has 31 nitrogen and oxygen atoms in total. The Bertz CT molecular complexity index is 2960. The summed E-state index contributed by atoms with van der Waals surface area (Å²) in [7, 11) is 0. The zero-order valence-corrected chi connectivity index (χ0v) is 55.3. The maximum atomic E-state index is 14.7. The number of hydrogen-bond donors (Lipinski definition) is 15. The Morgan fingerprint density at radius 2 is 1.01 bits per heavy atom. The van der Waals surface area contributed by atoms with Crippen molar-refractivity contribution in [3.8, 4) is 0 Å². The van der Waals surface area contributed by atoms with Gasteiger partial charge in [-0.2, -0.15) is 11.8 Å². The zero-order chi connectivity index (χ0) is 70.1. The van der Waals surface area contributed by atoms with Crippen molar-refractivity contribution in [1.82, 2.24) is 52.3 Å². The molecule has 95 heavy (non-hydrogen) atoms. The van der Waals surface area contributed by atoms with Crippen LogP contribution in [0.15, 0.2) is 65.7 Å². The van der Waals surface area contributed by atoms with Crippen LogP contribution < -0.4 is 82.7 Å². The predicted octanol–water partition coefficient (Wildman–Crippen LogP) is -3.71. The monoisotopic (exact) mass is 1350 g/mol. The fourth-order valence-corrected chi connectivity index (χ4v) is 11.5. The molecule has 0 radical (unpaired) electrons. The summed E-state index contributed by atoms with van der Waals surface area (Å²) in [4.78, 5) is 185. The minimum atomic E-state index is -1.64. The number of nitrogens with two attached hydrogens (primary N) is 7. The van der Waals surface area contributed by atoms with E-state index in [-0.39, 0.29) is 83.0 Å². The number of carbonyl (C=O) groups is 13. The molecular weight excluding hydrogens is 1250 g/mol. The second-order valence-electron chi connectivity index (χ2n) is 24.1. The number of benzene rings is 2. The van der Waals surface area contributed by atoms with Crippen LogP contribution in [0.5, 0.6) is 0 Å². The number of primary amides is 3. The molecule has 2 saturated heterocycles. The Morgan fingerprint density at radius 3 is 1.51 bits per heavy atom. The van der Waals surface area contributed by atoms with E-state index < -0.39 is 169 Å². The number of rotatable bonds is 42. The van der Waals surface area contributed by atoms with Gasteiger partial charge in [-0.15, -0.1) is 0 Å². The normalized spacial score (nSPS) is 16.8. The van der Waals surface area contributed by atoms with E-state index in [0.29, 0.717) is 55.4 Å². The lowest BCUT2D eigenvalue weighted by atomic mass is 10.0. The number of unbranched alkanes of at least 4 members (excludes halogenated alkanes) is 1. The number of amides is 13. The quantitative estimate of drug-likeness (QED) is 0.0173. The summed E-state index contributed by atoms with van der Waals surface area (Å²) in [6.07, 6.45) is 3.12. The van der Waals surface area contributed by atoms with Crippen LogP contribution in [0, 0.1) is 5.92 Å². The Kier molecular flexibility index (Phi) is 33.9. The number of hydrogen-bond acceptors (Lipinski definition) is 17. The zero-order valence-electron chi connectivity index (χ0n) is 54.5. The van der Waals surface area contributed by atoms with Gasteiger partial charge in [-0.05, 0) is 119 Å². The van der Waals surface area contributed by atoms with Gasteiger partial charge >= 0.3 is 0 Å². The smallest absolute Gasteiger partial charge is 0.245 e. The third kappa shape index (κ3) is 27.5. The van der Waals surface area contributed by atoms with Gasteiger partial charge in [0.2, 0.25) is 76.8 Å². The number of aliphatic imine (C=N–C) groups is 1. The third-order valence-electron chi connectivity index (χ3n) is 16.0. The molecule has 2 aromatic rings. The van der Waals surface area contributed by atoms with Crippen LogP contribution in [0.2, 0.25) is 0 Å². The van der Waals surface area contributed by atoms with Crippen molar-refractivity contribution >= 4 is 94.5 Å². The number of nitrogens with zero attached hydrogens (tertiary/aromatic N) is 3. The van der Waals surface area contributed by atoms with Crippen molar-refractivity contribution in [3.05, 3.63) is 71.8 Å². The van der Waals surface area contributed by atoms with E-state index in [2.05, 4.69) is 47.5 Å². The molecule has 13 amide bonds. The van der Waals surface area contributed by atoms with E-state index in [1.54, 1.807) is 60.7 Å².